The quantitative estimate of drug-likeness (QED) is 0.311. The fourth-order valence-electron chi connectivity index (χ4n) is 4.41. The zero-order valence-electron chi connectivity index (χ0n) is 16.9. The number of rotatable bonds is 8. The van der Waals surface area contributed by atoms with E-state index in [-0.39, 0.29) is 0 Å². The monoisotopic (exact) mass is 336 g/mol. The summed E-state index contributed by atoms with van der Waals surface area (Å²) in [5.74, 6) is 2.91. The van der Waals surface area contributed by atoms with Crippen molar-refractivity contribution in [2.75, 3.05) is 6.16 Å². The van der Waals surface area contributed by atoms with Gasteiger partial charge in [0.2, 0.25) is 0 Å². The zero-order valence-corrected chi connectivity index (χ0v) is 17.9. The molecule has 0 aromatic rings. The summed E-state index contributed by atoms with van der Waals surface area (Å²) in [6.07, 6.45) is 11.0. The molecule has 0 nitrogen and oxygen atoms in total. The van der Waals surface area contributed by atoms with Gasteiger partial charge in [-0.25, -0.2) is 0 Å². The van der Waals surface area contributed by atoms with Gasteiger partial charge in [0.1, 0.15) is 0 Å². The largest absolute Gasteiger partial charge is 0.0946 e. The van der Waals surface area contributed by atoms with Crippen LogP contribution in [0.2, 0.25) is 0 Å². The van der Waals surface area contributed by atoms with Crippen LogP contribution in [0.3, 0.4) is 0 Å². The van der Waals surface area contributed by atoms with Crippen LogP contribution in [0.25, 0.3) is 0 Å². The van der Waals surface area contributed by atoms with Crippen molar-refractivity contribution >= 4 is 8.58 Å². The molecule has 0 spiro atoms. The van der Waals surface area contributed by atoms with Gasteiger partial charge in [0.25, 0.3) is 0 Å². The lowest BCUT2D eigenvalue weighted by Gasteiger charge is -2.31. The first-order valence-electron chi connectivity index (χ1n) is 9.99. The second-order valence-corrected chi connectivity index (χ2v) is 9.57. The first kappa shape index (κ1) is 21.0. The molecule has 0 amide bonds. The zero-order chi connectivity index (χ0) is 17.4. The molecule has 134 valence electrons. The Labute approximate surface area is 148 Å². The summed E-state index contributed by atoms with van der Waals surface area (Å²) in [5, 5.41) is 1.73. The molecule has 3 unspecified atom stereocenters. The maximum Gasteiger partial charge on any atom is -0.0303 e. The van der Waals surface area contributed by atoms with Gasteiger partial charge in [-0.2, -0.15) is 0 Å². The Morgan fingerprint density at radius 2 is 1.52 bits per heavy atom. The molecule has 0 heterocycles. The average Bonchev–Trinajstić information content (AvgIpc) is 2.49. The molecule has 0 aliphatic heterocycles. The summed E-state index contributed by atoms with van der Waals surface area (Å²) in [7, 11) is 1.05. The molecular formula is C22H41P. The number of hydrogen-bond acceptors (Lipinski definition) is 0. The van der Waals surface area contributed by atoms with E-state index in [2.05, 4.69) is 48.5 Å². The summed E-state index contributed by atoms with van der Waals surface area (Å²) < 4.78 is 0. The molecule has 1 aliphatic rings. The van der Waals surface area contributed by atoms with Gasteiger partial charge in [-0.1, -0.05) is 48.3 Å². The van der Waals surface area contributed by atoms with Crippen molar-refractivity contribution in [3.05, 3.63) is 22.0 Å². The Bertz CT molecular complexity index is 406. The first-order chi connectivity index (χ1) is 10.9. The third-order valence-corrected chi connectivity index (χ3v) is 7.50. The minimum absolute atomic E-state index is 0.955. The van der Waals surface area contributed by atoms with Crippen molar-refractivity contribution in [1.29, 1.82) is 0 Å². The molecule has 1 fully saturated rings. The van der Waals surface area contributed by atoms with E-state index in [1.807, 2.05) is 0 Å². The van der Waals surface area contributed by atoms with E-state index >= 15 is 0 Å². The van der Waals surface area contributed by atoms with E-state index in [4.69, 9.17) is 0 Å². The van der Waals surface area contributed by atoms with Gasteiger partial charge in [-0.3, -0.25) is 0 Å². The molecule has 1 heteroatoms. The molecule has 0 aromatic carbocycles. The van der Waals surface area contributed by atoms with Crippen LogP contribution >= 0.6 is 8.58 Å². The first-order valence-corrected chi connectivity index (χ1v) is 11.2. The second kappa shape index (κ2) is 10.7. The molecule has 3 atom stereocenters. The standard InChI is InChI=1S/C22H41P/c1-8-10-18(5)19(6)20(7)22(9-2)23-12-11-21-14-16(3)13-17(4)15-21/h16-17,21,23H,8-15H2,1-7H3/b19-18-,22-20-. The maximum atomic E-state index is 2.46. The molecule has 23 heavy (non-hydrogen) atoms. The Balaban J connectivity index is 2.59. The smallest absolute Gasteiger partial charge is 0.0303 e. The molecule has 1 saturated carbocycles. The second-order valence-electron chi connectivity index (χ2n) is 8.11. The van der Waals surface area contributed by atoms with E-state index in [0.717, 1.165) is 26.3 Å². The lowest BCUT2D eigenvalue weighted by Crippen LogP contribution is -2.19. The lowest BCUT2D eigenvalue weighted by molar-refractivity contribution is 0.215. The summed E-state index contributed by atoms with van der Waals surface area (Å²) >= 11 is 0. The Kier molecular flexibility index (Phi) is 9.76. The van der Waals surface area contributed by atoms with Gasteiger partial charge in [0, 0.05) is 0 Å². The summed E-state index contributed by atoms with van der Waals surface area (Å²) in [4.78, 5) is 0. The maximum absolute atomic E-state index is 2.46. The topological polar surface area (TPSA) is 0 Å². The van der Waals surface area contributed by atoms with Crippen LogP contribution in [-0.2, 0) is 0 Å². The van der Waals surface area contributed by atoms with Gasteiger partial charge in [-0.05, 0) is 99.7 Å². The minimum Gasteiger partial charge on any atom is -0.0946 e. The van der Waals surface area contributed by atoms with Crippen LogP contribution in [0.5, 0.6) is 0 Å². The molecule has 1 aliphatic carbocycles. The molecule has 0 N–H and O–H groups in total. The molecule has 0 saturated heterocycles. The van der Waals surface area contributed by atoms with Gasteiger partial charge in [0.15, 0.2) is 0 Å². The Morgan fingerprint density at radius 1 is 0.913 bits per heavy atom. The van der Waals surface area contributed by atoms with E-state index in [1.165, 1.54) is 51.1 Å². The van der Waals surface area contributed by atoms with Gasteiger partial charge >= 0.3 is 0 Å². The highest BCUT2D eigenvalue weighted by atomic mass is 31.1. The van der Waals surface area contributed by atoms with Crippen molar-refractivity contribution in [2.45, 2.75) is 93.4 Å². The van der Waals surface area contributed by atoms with E-state index < -0.39 is 0 Å². The van der Waals surface area contributed by atoms with Crippen LogP contribution in [-0.4, -0.2) is 6.16 Å². The van der Waals surface area contributed by atoms with Crippen molar-refractivity contribution in [1.82, 2.24) is 0 Å². The SMILES string of the molecule is CCC/C(C)=C(C)\C(C)=C(\CC)PCCC1CC(C)CC(C)C1. The third kappa shape index (κ3) is 7.13. The van der Waals surface area contributed by atoms with Crippen molar-refractivity contribution in [2.24, 2.45) is 17.8 Å². The highest BCUT2D eigenvalue weighted by Gasteiger charge is 2.23. The summed E-state index contributed by atoms with van der Waals surface area (Å²) in [5.41, 5.74) is 4.76. The van der Waals surface area contributed by atoms with E-state index in [9.17, 15) is 0 Å². The normalized spacial score (nSPS) is 28.0. The molecule has 1 rings (SSSR count). The summed E-state index contributed by atoms with van der Waals surface area (Å²) in [6, 6.07) is 0. The van der Waals surface area contributed by atoms with Crippen LogP contribution in [0.4, 0.5) is 0 Å². The molecule has 0 aromatic heterocycles. The number of allylic oxidation sites excluding steroid dienone is 4. The Hall–Kier alpha value is -0.0900. The fraction of sp³-hybridized carbons (Fsp3) is 0.818. The van der Waals surface area contributed by atoms with Gasteiger partial charge in [-0.15, -0.1) is 0 Å². The van der Waals surface area contributed by atoms with Crippen molar-refractivity contribution < 1.29 is 0 Å². The highest BCUT2D eigenvalue weighted by molar-refractivity contribution is 7.43. The Morgan fingerprint density at radius 3 is 2.04 bits per heavy atom. The predicted molar refractivity (Wildman–Crippen MR) is 110 cm³/mol. The molecule has 0 bridgehead atoms. The average molecular weight is 337 g/mol. The van der Waals surface area contributed by atoms with Gasteiger partial charge < -0.3 is 0 Å². The minimum atomic E-state index is 0.955. The highest BCUT2D eigenvalue weighted by Crippen LogP contribution is 2.39. The van der Waals surface area contributed by atoms with Crippen LogP contribution in [0.15, 0.2) is 22.0 Å². The van der Waals surface area contributed by atoms with E-state index in [1.54, 1.807) is 22.0 Å². The van der Waals surface area contributed by atoms with Crippen LogP contribution in [0, 0.1) is 17.8 Å². The van der Waals surface area contributed by atoms with Gasteiger partial charge in [0.05, 0.1) is 0 Å². The number of hydrogen-bond donors (Lipinski definition) is 0. The van der Waals surface area contributed by atoms with Crippen LogP contribution < -0.4 is 0 Å². The summed E-state index contributed by atoms with van der Waals surface area (Å²) in [6.45, 7) is 16.6. The van der Waals surface area contributed by atoms with Crippen molar-refractivity contribution in [3.63, 3.8) is 0 Å². The predicted octanol–water partition coefficient (Wildman–Crippen LogP) is 7.95. The molecule has 0 radical (unpaired) electrons. The van der Waals surface area contributed by atoms with Crippen molar-refractivity contribution in [3.8, 4) is 0 Å². The van der Waals surface area contributed by atoms with E-state index in [0.29, 0.717) is 0 Å². The van der Waals surface area contributed by atoms with Crippen LogP contribution in [0.1, 0.15) is 93.4 Å². The fourth-order valence-corrected chi connectivity index (χ4v) is 5.97. The lowest BCUT2D eigenvalue weighted by atomic mass is 9.76. The third-order valence-electron chi connectivity index (χ3n) is 5.80. The molecular weight excluding hydrogens is 295 g/mol.